The van der Waals surface area contributed by atoms with Gasteiger partial charge >= 0.3 is 5.97 Å². The average Bonchev–Trinajstić information content (AvgIpc) is 2.42. The quantitative estimate of drug-likeness (QED) is 0.542. The van der Waals surface area contributed by atoms with Crippen molar-refractivity contribution in [3.8, 4) is 0 Å². The third-order valence-corrected chi connectivity index (χ3v) is 3.26. The van der Waals surface area contributed by atoms with Crippen molar-refractivity contribution >= 4 is 11.8 Å². The lowest BCUT2D eigenvalue weighted by Crippen LogP contribution is -2.18. The van der Waals surface area contributed by atoms with Crippen LogP contribution in [-0.4, -0.2) is 16.9 Å². The largest absolute Gasteiger partial charge is 0.481 e. The molecule has 1 N–H and O–H groups in total. The Morgan fingerprint density at radius 1 is 1.11 bits per heavy atom. The molecule has 0 fully saturated rings. The second kappa shape index (κ2) is 8.46. The first-order valence-corrected chi connectivity index (χ1v) is 6.96. The van der Waals surface area contributed by atoms with Crippen molar-refractivity contribution in [1.82, 2.24) is 0 Å². The van der Waals surface area contributed by atoms with Crippen molar-refractivity contribution in [3.05, 3.63) is 35.9 Å². The Bertz CT molecular complexity index is 398. The fraction of sp³-hybridized carbons (Fsp3) is 0.500. The molecule has 1 rings (SSSR count). The van der Waals surface area contributed by atoms with Gasteiger partial charge in [-0.05, 0) is 6.42 Å². The lowest BCUT2D eigenvalue weighted by Gasteiger charge is -2.13. The molecular formula is C16H22O3. The summed E-state index contributed by atoms with van der Waals surface area (Å²) in [6.45, 7) is 2.13. The minimum Gasteiger partial charge on any atom is -0.481 e. The summed E-state index contributed by atoms with van der Waals surface area (Å²) in [5.74, 6) is -1.33. The first kappa shape index (κ1) is 15.4. The maximum atomic E-state index is 12.3. The van der Waals surface area contributed by atoms with Crippen LogP contribution in [0.25, 0.3) is 0 Å². The van der Waals surface area contributed by atoms with E-state index in [0.29, 0.717) is 12.0 Å². The molecule has 0 heterocycles. The van der Waals surface area contributed by atoms with Crippen LogP contribution in [0.4, 0.5) is 0 Å². The zero-order valence-corrected chi connectivity index (χ0v) is 11.5. The average molecular weight is 262 g/mol. The van der Waals surface area contributed by atoms with Crippen LogP contribution in [0, 0.1) is 5.92 Å². The minimum atomic E-state index is -0.898. The fourth-order valence-corrected chi connectivity index (χ4v) is 2.19. The summed E-state index contributed by atoms with van der Waals surface area (Å²) in [7, 11) is 0. The molecule has 0 saturated heterocycles. The second-order valence-electron chi connectivity index (χ2n) is 4.87. The summed E-state index contributed by atoms with van der Waals surface area (Å²) in [4.78, 5) is 23.2. The summed E-state index contributed by atoms with van der Waals surface area (Å²) >= 11 is 0. The van der Waals surface area contributed by atoms with Gasteiger partial charge in [0.2, 0.25) is 0 Å². The molecule has 0 radical (unpaired) electrons. The number of hydrogen-bond donors (Lipinski definition) is 1. The van der Waals surface area contributed by atoms with Crippen LogP contribution in [-0.2, 0) is 4.79 Å². The topological polar surface area (TPSA) is 54.4 Å². The number of carbonyl (C=O) groups is 2. The molecule has 3 heteroatoms. The number of carboxylic acid groups (broad SMARTS) is 1. The molecule has 0 bridgehead atoms. The number of unbranched alkanes of at least 4 members (excludes halogenated alkanes) is 3. The van der Waals surface area contributed by atoms with E-state index in [4.69, 9.17) is 5.11 Å². The van der Waals surface area contributed by atoms with Crippen LogP contribution in [0.5, 0.6) is 0 Å². The van der Waals surface area contributed by atoms with Gasteiger partial charge in [0.25, 0.3) is 0 Å². The molecule has 0 aliphatic rings. The van der Waals surface area contributed by atoms with Gasteiger partial charge < -0.3 is 5.11 Å². The smallest absolute Gasteiger partial charge is 0.304 e. The van der Waals surface area contributed by atoms with Gasteiger partial charge in [0.05, 0.1) is 6.42 Å². The molecule has 0 amide bonds. The molecule has 1 aromatic carbocycles. The molecule has 1 atom stereocenters. The van der Waals surface area contributed by atoms with Crippen molar-refractivity contribution in [3.63, 3.8) is 0 Å². The molecule has 104 valence electrons. The molecule has 0 aliphatic heterocycles. The standard InChI is InChI=1S/C16H22O3/c1-2-3-4-6-11-14(12-15(17)18)16(19)13-9-7-5-8-10-13/h5,7-10,14H,2-4,6,11-12H2,1H3,(H,17,18). The molecule has 0 spiro atoms. The molecule has 0 aromatic heterocycles. The lowest BCUT2D eigenvalue weighted by atomic mass is 9.89. The number of hydrogen-bond acceptors (Lipinski definition) is 2. The normalized spacial score (nSPS) is 12.1. The van der Waals surface area contributed by atoms with Gasteiger partial charge in [0.1, 0.15) is 0 Å². The van der Waals surface area contributed by atoms with E-state index in [1.54, 1.807) is 12.1 Å². The van der Waals surface area contributed by atoms with Crippen molar-refractivity contribution in [2.24, 2.45) is 5.92 Å². The Morgan fingerprint density at radius 2 is 1.79 bits per heavy atom. The first-order chi connectivity index (χ1) is 9.15. The summed E-state index contributed by atoms with van der Waals surface area (Å²) in [6.07, 6.45) is 4.86. The predicted molar refractivity (Wildman–Crippen MR) is 75.3 cm³/mol. The molecular weight excluding hydrogens is 240 g/mol. The Kier molecular flexibility index (Phi) is 6.86. The Hall–Kier alpha value is -1.64. The van der Waals surface area contributed by atoms with E-state index in [-0.39, 0.29) is 12.2 Å². The maximum absolute atomic E-state index is 12.3. The number of carboxylic acids is 1. The van der Waals surface area contributed by atoms with Crippen molar-refractivity contribution < 1.29 is 14.7 Å². The van der Waals surface area contributed by atoms with Crippen LogP contribution < -0.4 is 0 Å². The monoisotopic (exact) mass is 262 g/mol. The third kappa shape index (κ3) is 5.69. The summed E-state index contributed by atoms with van der Waals surface area (Å²) in [5, 5.41) is 8.93. The van der Waals surface area contributed by atoms with Crippen LogP contribution in [0.1, 0.15) is 55.8 Å². The number of carbonyl (C=O) groups excluding carboxylic acids is 1. The highest BCUT2D eigenvalue weighted by Crippen LogP contribution is 2.20. The van der Waals surface area contributed by atoms with Gasteiger partial charge in [-0.25, -0.2) is 0 Å². The summed E-state index contributed by atoms with van der Waals surface area (Å²) in [6, 6.07) is 8.97. The molecule has 1 unspecified atom stereocenters. The van der Waals surface area contributed by atoms with E-state index >= 15 is 0 Å². The Labute approximate surface area is 114 Å². The summed E-state index contributed by atoms with van der Waals surface area (Å²) < 4.78 is 0. The van der Waals surface area contributed by atoms with E-state index in [2.05, 4.69) is 6.92 Å². The SMILES string of the molecule is CCCCCCC(CC(=O)O)C(=O)c1ccccc1. The highest BCUT2D eigenvalue weighted by atomic mass is 16.4. The van der Waals surface area contributed by atoms with Crippen LogP contribution >= 0.6 is 0 Å². The Balaban J connectivity index is 2.62. The van der Waals surface area contributed by atoms with Gasteiger partial charge in [0, 0.05) is 11.5 Å². The number of benzene rings is 1. The number of ketones is 1. The summed E-state index contributed by atoms with van der Waals surface area (Å²) in [5.41, 5.74) is 0.615. The van der Waals surface area contributed by atoms with Crippen molar-refractivity contribution in [1.29, 1.82) is 0 Å². The van der Waals surface area contributed by atoms with Gasteiger partial charge in [-0.1, -0.05) is 62.9 Å². The highest BCUT2D eigenvalue weighted by molar-refractivity contribution is 5.99. The fourth-order valence-electron chi connectivity index (χ4n) is 2.19. The molecule has 1 aromatic rings. The third-order valence-electron chi connectivity index (χ3n) is 3.26. The van der Waals surface area contributed by atoms with E-state index in [9.17, 15) is 9.59 Å². The number of Topliss-reactive ketones (excluding diaryl/α,β-unsaturated/α-hetero) is 1. The minimum absolute atomic E-state index is 0.0421. The first-order valence-electron chi connectivity index (χ1n) is 6.96. The van der Waals surface area contributed by atoms with Crippen LogP contribution in [0.2, 0.25) is 0 Å². The Morgan fingerprint density at radius 3 is 2.37 bits per heavy atom. The predicted octanol–water partition coefficient (Wildman–Crippen LogP) is 3.93. The zero-order valence-electron chi connectivity index (χ0n) is 11.5. The van der Waals surface area contributed by atoms with E-state index in [0.717, 1.165) is 25.7 Å². The second-order valence-corrected chi connectivity index (χ2v) is 4.87. The van der Waals surface area contributed by atoms with Crippen LogP contribution in [0.3, 0.4) is 0 Å². The molecule has 19 heavy (non-hydrogen) atoms. The molecule has 3 nitrogen and oxygen atoms in total. The van der Waals surface area contributed by atoms with Crippen molar-refractivity contribution in [2.45, 2.75) is 45.4 Å². The van der Waals surface area contributed by atoms with Gasteiger partial charge in [-0.15, -0.1) is 0 Å². The van der Waals surface area contributed by atoms with Gasteiger partial charge in [-0.2, -0.15) is 0 Å². The van der Waals surface area contributed by atoms with Gasteiger partial charge in [-0.3, -0.25) is 9.59 Å². The molecule has 0 saturated carbocycles. The highest BCUT2D eigenvalue weighted by Gasteiger charge is 2.22. The van der Waals surface area contributed by atoms with E-state index in [1.807, 2.05) is 18.2 Å². The maximum Gasteiger partial charge on any atom is 0.304 e. The lowest BCUT2D eigenvalue weighted by molar-refractivity contribution is -0.137. The van der Waals surface area contributed by atoms with Crippen molar-refractivity contribution in [2.75, 3.05) is 0 Å². The zero-order chi connectivity index (χ0) is 14.1. The number of rotatable bonds is 9. The van der Waals surface area contributed by atoms with E-state index < -0.39 is 11.9 Å². The van der Waals surface area contributed by atoms with Crippen LogP contribution in [0.15, 0.2) is 30.3 Å². The molecule has 0 aliphatic carbocycles. The number of aliphatic carboxylic acids is 1. The van der Waals surface area contributed by atoms with E-state index in [1.165, 1.54) is 0 Å². The van der Waals surface area contributed by atoms with Gasteiger partial charge in [0.15, 0.2) is 5.78 Å².